The molecule has 0 aromatic rings. The Morgan fingerprint density at radius 1 is 0.448 bits per heavy atom. The second-order valence-corrected chi connectivity index (χ2v) is 6.47. The van der Waals surface area contributed by atoms with Crippen LogP contribution in [0.3, 0.4) is 0 Å². The molecule has 0 saturated carbocycles. The van der Waals surface area contributed by atoms with Gasteiger partial charge in [-0.15, -0.1) is 0 Å². The van der Waals surface area contributed by atoms with Gasteiger partial charge in [0.15, 0.2) is 0 Å². The monoisotopic (exact) mass is 500 g/mol. The largest absolute Gasteiger partial charge is 0.454 e. The summed E-state index contributed by atoms with van der Waals surface area (Å²) in [7, 11) is -8.92. The van der Waals surface area contributed by atoms with E-state index in [4.69, 9.17) is 4.55 Å². The third-order valence-corrected chi connectivity index (χ3v) is 4.53. The molecule has 0 aromatic heterocycles. The van der Waals surface area contributed by atoms with Gasteiger partial charge in [0.1, 0.15) is 0 Å². The number of hydrogen-bond acceptors (Lipinski definition) is 2. The molecule has 0 radical (unpaired) electrons. The van der Waals surface area contributed by atoms with E-state index in [0.29, 0.717) is 0 Å². The van der Waals surface area contributed by atoms with E-state index < -0.39 is 57.1 Å². The van der Waals surface area contributed by atoms with Crippen LogP contribution in [0.25, 0.3) is 0 Å². The highest BCUT2D eigenvalue weighted by Crippen LogP contribution is 2.74. The maximum Gasteiger partial charge on any atom is 0.454 e. The lowest BCUT2D eigenvalue weighted by atomic mass is 9.68. The van der Waals surface area contributed by atoms with Gasteiger partial charge < -0.3 is 0 Å². The first-order chi connectivity index (χ1) is 12.0. The molecule has 1 unspecified atom stereocenters. The Morgan fingerprint density at radius 3 is 0.793 bits per heavy atom. The zero-order valence-corrected chi connectivity index (χ0v) is 12.9. The van der Waals surface area contributed by atoms with E-state index >= 15 is 0 Å². The van der Waals surface area contributed by atoms with Crippen molar-refractivity contribution in [1.82, 2.24) is 0 Å². The molecule has 0 bridgehead atoms. The summed E-state index contributed by atoms with van der Waals surface area (Å²) in [6.45, 7) is 0. The highest BCUT2D eigenvalue weighted by Gasteiger charge is 3.05. The average Bonchev–Trinajstić information content (AvgIpc) is 2.30. The molecule has 3 nitrogen and oxygen atoms in total. The van der Waals surface area contributed by atoms with Crippen LogP contribution in [0.2, 0.25) is 0 Å². The van der Waals surface area contributed by atoms with E-state index in [-0.39, 0.29) is 0 Å². The van der Waals surface area contributed by atoms with Crippen molar-refractivity contribution < 1.29 is 87.6 Å². The van der Waals surface area contributed by atoms with Crippen molar-refractivity contribution in [3.8, 4) is 0 Å². The smallest absolute Gasteiger partial charge is 0.283 e. The zero-order chi connectivity index (χ0) is 24.5. The van der Waals surface area contributed by atoms with Crippen LogP contribution in [0.1, 0.15) is 0 Å². The van der Waals surface area contributed by atoms with E-state index in [1.165, 1.54) is 0 Å². The van der Waals surface area contributed by atoms with Crippen LogP contribution in [0.4, 0.5) is 74.6 Å². The first-order valence-corrected chi connectivity index (χ1v) is 7.12. The third-order valence-electron chi connectivity index (χ3n) is 3.28. The normalized spacial score (nSPS) is 18.6. The average molecular weight is 500 g/mol. The van der Waals surface area contributed by atoms with Crippen molar-refractivity contribution in [2.75, 3.05) is 0 Å². The van der Waals surface area contributed by atoms with Crippen molar-refractivity contribution >= 4 is 10.1 Å². The van der Waals surface area contributed by atoms with Gasteiger partial charge in [-0.2, -0.15) is 78.7 Å². The molecule has 0 amide bonds. The molecule has 29 heavy (non-hydrogen) atoms. The van der Waals surface area contributed by atoms with Crippen LogP contribution >= 0.6 is 0 Å². The van der Waals surface area contributed by atoms with Gasteiger partial charge in [-0.05, 0) is 0 Å². The first-order valence-electron chi connectivity index (χ1n) is 5.68. The van der Waals surface area contributed by atoms with Crippen LogP contribution in [-0.4, -0.2) is 54.5 Å². The maximum absolute atomic E-state index is 14.0. The van der Waals surface area contributed by atoms with Crippen LogP contribution in [0.5, 0.6) is 0 Å². The van der Waals surface area contributed by atoms with E-state index in [9.17, 15) is 83.1 Å². The molecule has 1 atom stereocenters. The topological polar surface area (TPSA) is 54.4 Å². The molecule has 176 valence electrons. The third kappa shape index (κ3) is 3.26. The first kappa shape index (κ1) is 27.7. The Kier molecular flexibility index (Phi) is 6.08. The van der Waals surface area contributed by atoms with Gasteiger partial charge in [-0.1, -0.05) is 0 Å². The molecule has 0 heterocycles. The van der Waals surface area contributed by atoms with Crippen molar-refractivity contribution in [3.05, 3.63) is 0 Å². The Bertz CT molecular complexity index is 696. The van der Waals surface area contributed by atoms with Crippen LogP contribution in [-0.2, 0) is 10.1 Å². The summed E-state index contributed by atoms with van der Waals surface area (Å²) in [6.07, 6.45) is -34.5. The molecule has 0 saturated heterocycles. The van der Waals surface area contributed by atoms with Gasteiger partial charge in [0.05, 0.1) is 0 Å². The Morgan fingerprint density at radius 2 is 0.690 bits per heavy atom. The summed E-state index contributed by atoms with van der Waals surface area (Å²) in [5, 5.41) is -8.98. The predicted molar refractivity (Wildman–Crippen MR) is 51.9 cm³/mol. The lowest BCUT2D eigenvalue weighted by molar-refractivity contribution is -0.495. The Balaban J connectivity index is 8.49. The molecule has 21 heteroatoms. The van der Waals surface area contributed by atoms with Crippen molar-refractivity contribution in [2.24, 2.45) is 5.41 Å². The van der Waals surface area contributed by atoms with Crippen LogP contribution in [0, 0.1) is 5.41 Å². The molecule has 0 spiro atoms. The summed E-state index contributed by atoms with van der Waals surface area (Å²) < 4.78 is 247. The van der Waals surface area contributed by atoms with Crippen LogP contribution in [0.15, 0.2) is 0 Å². The van der Waals surface area contributed by atoms with Gasteiger partial charge in [-0.3, -0.25) is 4.55 Å². The van der Waals surface area contributed by atoms with Gasteiger partial charge in [0.25, 0.3) is 5.41 Å². The summed E-state index contributed by atoms with van der Waals surface area (Å²) in [4.78, 5) is 0. The zero-order valence-electron chi connectivity index (χ0n) is 12.1. The Hall–Kier alpha value is -1.28. The lowest BCUT2D eigenvalue weighted by Gasteiger charge is -2.51. The molecule has 0 aliphatic rings. The lowest BCUT2D eigenvalue weighted by Crippen LogP contribution is -2.82. The van der Waals surface area contributed by atoms with Gasteiger partial charge in [0, 0.05) is 0 Å². The molecule has 0 rings (SSSR count). The standard InChI is InChI=1S/C8HF17O3S/c9-2(10,6(17,18)19)1(5(14,15)16,3(11,12)7(20,21)22)4(13,8(23,24)25)29(26,27)28/h(H,26,27,28). The fourth-order valence-electron chi connectivity index (χ4n) is 2.12. The number of hydrogen-bond donors (Lipinski definition) is 1. The second kappa shape index (κ2) is 6.36. The van der Waals surface area contributed by atoms with Crippen molar-refractivity contribution in [2.45, 2.75) is 41.6 Å². The van der Waals surface area contributed by atoms with Gasteiger partial charge in [-0.25, -0.2) is 4.39 Å². The maximum atomic E-state index is 14.0. The summed E-state index contributed by atoms with van der Waals surface area (Å²) in [5.74, 6) is -18.3. The Labute approximate surface area is 146 Å². The minimum Gasteiger partial charge on any atom is -0.283 e. The second-order valence-electron chi connectivity index (χ2n) is 4.96. The fraction of sp³-hybridized carbons (Fsp3) is 1.00. The van der Waals surface area contributed by atoms with E-state index in [1.807, 2.05) is 0 Å². The molecule has 1 N–H and O–H groups in total. The van der Waals surface area contributed by atoms with Crippen molar-refractivity contribution in [3.63, 3.8) is 0 Å². The summed E-state index contributed by atoms with van der Waals surface area (Å²) in [6, 6.07) is 0. The number of rotatable bonds is 4. The van der Waals surface area contributed by atoms with Crippen LogP contribution < -0.4 is 0 Å². The quantitative estimate of drug-likeness (QED) is 0.435. The van der Waals surface area contributed by atoms with E-state index in [1.54, 1.807) is 0 Å². The van der Waals surface area contributed by atoms with Crippen molar-refractivity contribution in [1.29, 1.82) is 0 Å². The molecule has 0 aromatic carbocycles. The fourth-order valence-corrected chi connectivity index (χ4v) is 3.17. The summed E-state index contributed by atoms with van der Waals surface area (Å²) in [5.41, 5.74) is -9.53. The predicted octanol–water partition coefficient (Wildman–Crippen LogP) is 5.05. The van der Waals surface area contributed by atoms with E-state index in [2.05, 4.69) is 0 Å². The molecular weight excluding hydrogens is 499 g/mol. The minimum absolute atomic E-state index is 8.01. The molecule has 0 aliphatic carbocycles. The molecule has 0 aliphatic heterocycles. The highest BCUT2D eigenvalue weighted by molar-refractivity contribution is 7.87. The SMILES string of the molecule is O=S(=O)(O)C(F)(C(F)(F)F)C(C(F)(F)F)(C(F)(F)C(F)(F)F)C(F)(F)C(F)(F)F. The van der Waals surface area contributed by atoms with Gasteiger partial charge in [0.2, 0.25) is 0 Å². The summed E-state index contributed by atoms with van der Waals surface area (Å²) >= 11 is 0. The number of halogens is 17. The minimum atomic E-state index is -9.53. The van der Waals surface area contributed by atoms with Gasteiger partial charge >= 0.3 is 51.7 Å². The highest BCUT2D eigenvalue weighted by atomic mass is 32.2. The molecule has 0 fully saturated rings. The number of alkyl halides is 17. The molecular formula is C8HF17O3S. The van der Waals surface area contributed by atoms with E-state index in [0.717, 1.165) is 0 Å².